The van der Waals surface area contributed by atoms with Crippen molar-refractivity contribution < 1.29 is 0 Å². The van der Waals surface area contributed by atoms with Crippen molar-refractivity contribution in [3.63, 3.8) is 0 Å². The quantitative estimate of drug-likeness (QED) is 0.389. The number of hydrogen-bond donors (Lipinski definition) is 2. The van der Waals surface area contributed by atoms with Crippen molar-refractivity contribution in [2.24, 2.45) is 5.84 Å². The Morgan fingerprint density at radius 1 is 1.67 bits per heavy atom. The maximum absolute atomic E-state index is 5.31. The zero-order valence-electron chi connectivity index (χ0n) is 5.12. The number of hydrazine groups is 3. The SMILES string of the molecule is C=CCN1C=CN(N)N1. The van der Waals surface area contributed by atoms with E-state index in [-0.39, 0.29) is 0 Å². The molecule has 0 fully saturated rings. The van der Waals surface area contributed by atoms with Crippen molar-refractivity contribution in [2.75, 3.05) is 6.54 Å². The lowest BCUT2D eigenvalue weighted by Crippen LogP contribution is -2.43. The molecule has 0 aliphatic carbocycles. The van der Waals surface area contributed by atoms with Gasteiger partial charge in [0.2, 0.25) is 0 Å². The molecular formula is C5H10N4. The van der Waals surface area contributed by atoms with Crippen LogP contribution in [0, 0.1) is 0 Å². The monoisotopic (exact) mass is 126 g/mol. The first-order valence-electron chi connectivity index (χ1n) is 2.69. The number of nitrogens with zero attached hydrogens (tertiary/aromatic N) is 2. The van der Waals surface area contributed by atoms with E-state index in [1.807, 2.05) is 11.2 Å². The van der Waals surface area contributed by atoms with E-state index in [4.69, 9.17) is 5.84 Å². The summed E-state index contributed by atoms with van der Waals surface area (Å²) < 4.78 is 0. The van der Waals surface area contributed by atoms with Gasteiger partial charge in [0.1, 0.15) is 0 Å². The summed E-state index contributed by atoms with van der Waals surface area (Å²) >= 11 is 0. The summed E-state index contributed by atoms with van der Waals surface area (Å²) in [6.45, 7) is 4.33. The minimum atomic E-state index is 0.754. The van der Waals surface area contributed by atoms with Crippen LogP contribution in [0.25, 0.3) is 0 Å². The summed E-state index contributed by atoms with van der Waals surface area (Å²) in [5, 5.41) is 3.19. The van der Waals surface area contributed by atoms with Crippen LogP contribution in [0.1, 0.15) is 0 Å². The van der Waals surface area contributed by atoms with Gasteiger partial charge in [0.25, 0.3) is 0 Å². The van der Waals surface area contributed by atoms with E-state index in [0.29, 0.717) is 0 Å². The van der Waals surface area contributed by atoms with Crippen LogP contribution in [-0.2, 0) is 0 Å². The molecule has 1 heterocycles. The van der Waals surface area contributed by atoms with E-state index in [1.165, 1.54) is 5.12 Å². The molecule has 9 heavy (non-hydrogen) atoms. The molecule has 0 aromatic rings. The van der Waals surface area contributed by atoms with Gasteiger partial charge in [0.15, 0.2) is 0 Å². The van der Waals surface area contributed by atoms with Crippen LogP contribution in [0.5, 0.6) is 0 Å². The first kappa shape index (κ1) is 6.12. The largest absolute Gasteiger partial charge is 0.292 e. The Balaban J connectivity index is 2.31. The summed E-state index contributed by atoms with van der Waals surface area (Å²) in [6.07, 6.45) is 5.35. The lowest BCUT2D eigenvalue weighted by atomic mass is 10.6. The summed E-state index contributed by atoms with van der Waals surface area (Å²) in [5.74, 6) is 5.31. The fraction of sp³-hybridized carbons (Fsp3) is 0.200. The molecule has 1 aliphatic heterocycles. The molecule has 3 N–H and O–H groups in total. The normalized spacial score (nSPS) is 17.0. The van der Waals surface area contributed by atoms with Crippen LogP contribution in [0.2, 0.25) is 0 Å². The van der Waals surface area contributed by atoms with Crippen LogP contribution >= 0.6 is 0 Å². The number of nitrogens with one attached hydrogen (secondary N) is 1. The maximum atomic E-state index is 5.31. The van der Waals surface area contributed by atoms with Crippen molar-refractivity contribution in [3.05, 3.63) is 25.1 Å². The van der Waals surface area contributed by atoms with Crippen LogP contribution in [-0.4, -0.2) is 16.7 Å². The minimum absolute atomic E-state index is 0.754. The van der Waals surface area contributed by atoms with Gasteiger partial charge in [-0.1, -0.05) is 6.08 Å². The zero-order chi connectivity index (χ0) is 6.69. The van der Waals surface area contributed by atoms with Gasteiger partial charge < -0.3 is 0 Å². The first-order valence-corrected chi connectivity index (χ1v) is 2.69. The highest BCUT2D eigenvalue weighted by molar-refractivity contribution is 4.86. The van der Waals surface area contributed by atoms with Gasteiger partial charge >= 0.3 is 0 Å². The van der Waals surface area contributed by atoms with Crippen molar-refractivity contribution in [2.45, 2.75) is 0 Å². The average molecular weight is 126 g/mol. The summed E-state index contributed by atoms with van der Waals surface area (Å²) in [4.78, 5) is 0. The molecule has 0 spiro atoms. The van der Waals surface area contributed by atoms with Crippen molar-refractivity contribution in [1.82, 2.24) is 15.7 Å². The van der Waals surface area contributed by atoms with Crippen molar-refractivity contribution >= 4 is 0 Å². The maximum Gasteiger partial charge on any atom is 0.0534 e. The van der Waals surface area contributed by atoms with E-state index in [0.717, 1.165) is 6.54 Å². The van der Waals surface area contributed by atoms with E-state index >= 15 is 0 Å². The Morgan fingerprint density at radius 2 is 2.44 bits per heavy atom. The Hall–Kier alpha value is -1.00. The van der Waals surface area contributed by atoms with Crippen molar-refractivity contribution in [1.29, 1.82) is 0 Å². The Kier molecular flexibility index (Phi) is 1.72. The molecule has 50 valence electrons. The molecule has 0 aromatic carbocycles. The molecule has 0 atom stereocenters. The van der Waals surface area contributed by atoms with Crippen LogP contribution in [0.3, 0.4) is 0 Å². The second kappa shape index (κ2) is 2.52. The fourth-order valence-corrected chi connectivity index (χ4v) is 0.608. The third-order valence-corrected chi connectivity index (χ3v) is 0.977. The molecule has 4 nitrogen and oxygen atoms in total. The van der Waals surface area contributed by atoms with Crippen molar-refractivity contribution in [3.8, 4) is 0 Å². The number of hydrogen-bond acceptors (Lipinski definition) is 4. The van der Waals surface area contributed by atoms with Gasteiger partial charge in [0, 0.05) is 6.20 Å². The van der Waals surface area contributed by atoms with Crippen LogP contribution in [0.15, 0.2) is 25.1 Å². The second-order valence-corrected chi connectivity index (χ2v) is 1.75. The van der Waals surface area contributed by atoms with E-state index in [2.05, 4.69) is 12.1 Å². The smallest absolute Gasteiger partial charge is 0.0534 e. The fourth-order valence-electron chi connectivity index (χ4n) is 0.608. The molecule has 1 aliphatic rings. The highest BCUT2D eigenvalue weighted by Gasteiger charge is 2.03. The molecule has 4 heteroatoms. The van der Waals surface area contributed by atoms with Gasteiger partial charge in [0.05, 0.1) is 12.7 Å². The molecule has 0 saturated heterocycles. The third kappa shape index (κ3) is 1.45. The van der Waals surface area contributed by atoms with Crippen LogP contribution < -0.4 is 11.4 Å². The molecule has 0 saturated carbocycles. The summed E-state index contributed by atoms with van der Waals surface area (Å²) in [6, 6.07) is 0. The molecule has 0 radical (unpaired) electrons. The van der Waals surface area contributed by atoms with Gasteiger partial charge in [-0.05, 0) is 0 Å². The van der Waals surface area contributed by atoms with E-state index in [1.54, 1.807) is 12.3 Å². The van der Waals surface area contributed by atoms with Gasteiger partial charge in [-0.2, -0.15) is 0 Å². The number of nitrogens with two attached hydrogens (primary N) is 1. The van der Waals surface area contributed by atoms with Crippen LogP contribution in [0.4, 0.5) is 0 Å². The summed E-state index contributed by atoms with van der Waals surface area (Å²) in [7, 11) is 0. The van der Waals surface area contributed by atoms with Gasteiger partial charge in [-0.25, -0.2) is 11.0 Å². The standard InChI is InChI=1S/C5H10N4/c1-2-3-8-4-5-9(6)7-8/h2,4-5,7H,1,3,6H2. The van der Waals surface area contributed by atoms with Gasteiger partial charge in [-0.3, -0.25) is 5.01 Å². The molecule has 0 unspecified atom stereocenters. The minimum Gasteiger partial charge on any atom is -0.292 e. The Morgan fingerprint density at radius 3 is 2.89 bits per heavy atom. The van der Waals surface area contributed by atoms with E-state index in [9.17, 15) is 0 Å². The molecular weight excluding hydrogens is 116 g/mol. The molecule has 1 rings (SSSR count). The topological polar surface area (TPSA) is 44.5 Å². The predicted molar refractivity (Wildman–Crippen MR) is 35.2 cm³/mol. The number of rotatable bonds is 2. The second-order valence-electron chi connectivity index (χ2n) is 1.75. The Labute approximate surface area is 54.1 Å². The third-order valence-electron chi connectivity index (χ3n) is 0.977. The van der Waals surface area contributed by atoms with E-state index < -0.39 is 0 Å². The molecule has 0 aromatic heterocycles. The highest BCUT2D eigenvalue weighted by atomic mass is 15.8. The highest BCUT2D eigenvalue weighted by Crippen LogP contribution is 1.93. The lowest BCUT2D eigenvalue weighted by Gasteiger charge is -2.16. The Bertz CT molecular complexity index is 131. The predicted octanol–water partition coefficient (Wildman–Crippen LogP) is -0.445. The summed E-state index contributed by atoms with van der Waals surface area (Å²) in [5.41, 5.74) is 2.82. The zero-order valence-corrected chi connectivity index (χ0v) is 5.12. The molecule has 0 bridgehead atoms. The first-order chi connectivity index (χ1) is 4.33. The lowest BCUT2D eigenvalue weighted by molar-refractivity contribution is 0.151. The van der Waals surface area contributed by atoms with Gasteiger partial charge in [-0.15, -0.1) is 12.1 Å². The average Bonchev–Trinajstić information content (AvgIpc) is 2.17. The molecule has 0 amide bonds.